The molecule has 0 aliphatic rings. The molecule has 0 spiro atoms. The summed E-state index contributed by atoms with van der Waals surface area (Å²) in [5.41, 5.74) is 0. The Bertz CT molecular complexity index is 1250. The molecule has 0 saturated heterocycles. The summed E-state index contributed by atoms with van der Waals surface area (Å²) in [5, 5.41) is 23.8. The highest BCUT2D eigenvalue weighted by Gasteiger charge is 2.23. The van der Waals surface area contributed by atoms with Gasteiger partial charge >= 0.3 is 5.97 Å². The van der Waals surface area contributed by atoms with Crippen molar-refractivity contribution in [2.24, 2.45) is 0 Å². The summed E-state index contributed by atoms with van der Waals surface area (Å²) in [6, 6.07) is -0.740. The zero-order chi connectivity index (χ0) is 47.4. The molecule has 0 rings (SSSR count). The van der Waals surface area contributed by atoms with Crippen LogP contribution in [0.5, 0.6) is 0 Å². The third-order valence-electron chi connectivity index (χ3n) is 11.9. The first-order valence-electron chi connectivity index (χ1n) is 27.3. The molecule has 0 radical (unpaired) electrons. The van der Waals surface area contributed by atoms with Crippen molar-refractivity contribution in [2.45, 2.75) is 270 Å². The third kappa shape index (κ3) is 47.3. The fraction of sp³-hybridized carbons (Fsp3) is 0.729. The van der Waals surface area contributed by atoms with E-state index >= 15 is 0 Å². The van der Waals surface area contributed by atoms with Crippen LogP contribution in [-0.2, 0) is 14.3 Å². The number of esters is 1. The highest BCUT2D eigenvalue weighted by molar-refractivity contribution is 5.77. The Morgan fingerprint density at radius 3 is 1.26 bits per heavy atom. The van der Waals surface area contributed by atoms with Crippen LogP contribution in [0.2, 0.25) is 0 Å². The van der Waals surface area contributed by atoms with Crippen molar-refractivity contribution >= 4 is 11.9 Å². The summed E-state index contributed by atoms with van der Waals surface area (Å²) in [7, 11) is 0. The minimum Gasteiger partial charge on any atom is -0.461 e. The molecule has 3 unspecified atom stereocenters. The van der Waals surface area contributed by atoms with Crippen molar-refractivity contribution in [1.82, 2.24) is 5.32 Å². The van der Waals surface area contributed by atoms with Gasteiger partial charge in [0.05, 0.1) is 25.2 Å². The van der Waals surface area contributed by atoms with Gasteiger partial charge in [0.15, 0.2) is 0 Å². The largest absolute Gasteiger partial charge is 0.461 e. The van der Waals surface area contributed by atoms with E-state index in [9.17, 15) is 19.8 Å². The summed E-state index contributed by atoms with van der Waals surface area (Å²) in [5.74, 6) is -0.603. The van der Waals surface area contributed by atoms with Gasteiger partial charge in [0.1, 0.15) is 6.10 Å². The Balaban J connectivity index is 4.74. The molecule has 374 valence electrons. The fourth-order valence-corrected chi connectivity index (χ4v) is 7.77. The molecule has 65 heavy (non-hydrogen) atoms. The van der Waals surface area contributed by atoms with Gasteiger partial charge in [-0.1, -0.05) is 234 Å². The molecule has 6 heteroatoms. The number of aliphatic hydroxyl groups excluding tert-OH is 2. The van der Waals surface area contributed by atoms with Crippen molar-refractivity contribution in [3.05, 3.63) is 85.1 Å². The Hall–Kier alpha value is -2.96. The van der Waals surface area contributed by atoms with Gasteiger partial charge in [-0.25, -0.2) is 0 Å². The lowest BCUT2D eigenvalue weighted by molar-refractivity contribution is -0.150. The van der Waals surface area contributed by atoms with E-state index in [0.717, 1.165) is 83.5 Å². The molecule has 0 saturated carbocycles. The van der Waals surface area contributed by atoms with E-state index in [-0.39, 0.29) is 24.9 Å². The molecule has 0 heterocycles. The quantitative estimate of drug-likeness (QED) is 0.0321. The number of carbonyl (C=O) groups is 2. The lowest BCUT2D eigenvalue weighted by Gasteiger charge is -2.24. The first-order valence-corrected chi connectivity index (χ1v) is 27.3. The highest BCUT2D eigenvalue weighted by atomic mass is 16.5. The second-order valence-corrected chi connectivity index (χ2v) is 18.3. The van der Waals surface area contributed by atoms with Crippen molar-refractivity contribution in [2.75, 3.05) is 6.61 Å². The van der Waals surface area contributed by atoms with Gasteiger partial charge in [-0.05, 0) is 83.5 Å². The monoisotopic (exact) mass is 906 g/mol. The maximum atomic E-state index is 13.2. The number of hydrogen-bond donors (Lipinski definition) is 3. The smallest absolute Gasteiger partial charge is 0.306 e. The lowest BCUT2D eigenvalue weighted by Crippen LogP contribution is -2.46. The number of carbonyl (C=O) groups excluding carboxylic acids is 2. The zero-order valence-electron chi connectivity index (χ0n) is 42.6. The van der Waals surface area contributed by atoms with E-state index in [2.05, 4.69) is 99.0 Å². The van der Waals surface area contributed by atoms with Crippen LogP contribution in [0.1, 0.15) is 252 Å². The molecular formula is C59H103NO5. The molecule has 3 atom stereocenters. The van der Waals surface area contributed by atoms with Crippen LogP contribution < -0.4 is 5.32 Å². The average Bonchev–Trinajstić information content (AvgIpc) is 3.30. The average molecular weight is 906 g/mol. The molecular weight excluding hydrogens is 803 g/mol. The summed E-state index contributed by atoms with van der Waals surface area (Å²) in [4.78, 5) is 26.2. The predicted octanol–water partition coefficient (Wildman–Crippen LogP) is 16.7. The van der Waals surface area contributed by atoms with Crippen molar-refractivity contribution in [3.63, 3.8) is 0 Å². The second kappa shape index (κ2) is 52.0. The Morgan fingerprint density at radius 2 is 0.815 bits per heavy atom. The van der Waals surface area contributed by atoms with Crippen LogP contribution >= 0.6 is 0 Å². The predicted molar refractivity (Wildman–Crippen MR) is 282 cm³/mol. The standard InChI is InChI=1S/C59H103NO5/c1-4-7-10-13-16-19-22-25-28-29-31-34-37-40-43-46-49-52-59(64)65-55(50-47-44-41-38-35-32-30-26-23-20-17-14-11-8-5-2)53-58(63)60-56(54-61)57(62)51-48-45-42-39-36-33-27-24-21-18-15-12-9-6-3/h16-17,19-20,25-26,28,30-31,34-35,38,44,47,55-57,61-62H,4-15,18,21-24,27,29,32-33,36-37,39-43,45-46,48-54H2,1-3H3,(H,60,63)/b19-16-,20-17-,28-25-,30-26-,34-31-,38-35-,47-44-. The summed E-state index contributed by atoms with van der Waals surface area (Å²) < 4.78 is 5.87. The molecule has 3 N–H and O–H groups in total. The van der Waals surface area contributed by atoms with Crippen LogP contribution in [0.4, 0.5) is 0 Å². The number of unbranched alkanes of at least 4 members (excludes halogenated alkanes) is 23. The number of amides is 1. The van der Waals surface area contributed by atoms with Gasteiger partial charge in [-0.3, -0.25) is 9.59 Å². The maximum Gasteiger partial charge on any atom is 0.306 e. The molecule has 0 fully saturated rings. The first kappa shape index (κ1) is 62.0. The number of hydrogen-bond acceptors (Lipinski definition) is 5. The van der Waals surface area contributed by atoms with Crippen LogP contribution in [0.15, 0.2) is 85.1 Å². The molecule has 0 bridgehead atoms. The van der Waals surface area contributed by atoms with Crippen LogP contribution in [0.25, 0.3) is 0 Å². The molecule has 1 amide bonds. The van der Waals surface area contributed by atoms with E-state index < -0.39 is 18.2 Å². The summed E-state index contributed by atoms with van der Waals surface area (Å²) >= 11 is 0. The van der Waals surface area contributed by atoms with Gasteiger partial charge in [0.25, 0.3) is 0 Å². The van der Waals surface area contributed by atoms with Gasteiger partial charge in [0, 0.05) is 12.8 Å². The number of rotatable bonds is 48. The number of nitrogens with one attached hydrogen (secondary N) is 1. The van der Waals surface area contributed by atoms with E-state index in [0.29, 0.717) is 19.3 Å². The normalized spacial score (nSPS) is 13.9. The minimum absolute atomic E-state index is 0.0108. The minimum atomic E-state index is -0.819. The Kier molecular flexibility index (Phi) is 49.6. The Morgan fingerprint density at radius 1 is 0.462 bits per heavy atom. The molecule has 0 aromatic heterocycles. The van der Waals surface area contributed by atoms with E-state index in [4.69, 9.17) is 4.74 Å². The fourth-order valence-electron chi connectivity index (χ4n) is 7.77. The van der Waals surface area contributed by atoms with E-state index in [1.54, 1.807) is 0 Å². The zero-order valence-corrected chi connectivity index (χ0v) is 42.6. The molecule has 0 aromatic rings. The topological polar surface area (TPSA) is 95.9 Å². The number of ether oxygens (including phenoxy) is 1. The van der Waals surface area contributed by atoms with Gasteiger partial charge in [-0.15, -0.1) is 0 Å². The summed E-state index contributed by atoms with van der Waals surface area (Å²) in [6.45, 7) is 6.40. The highest BCUT2D eigenvalue weighted by Crippen LogP contribution is 2.16. The van der Waals surface area contributed by atoms with Gasteiger partial charge in [-0.2, -0.15) is 0 Å². The SMILES string of the molecule is CCCCC/C=C\C/C=C\C/C=C\C/C=C\CC(CC(=O)NC(CO)C(O)CCCCCCCCCCCCCCCC)OC(=O)CCCCCC/C=C\C/C=C\C/C=C\CCCCC. The second-order valence-electron chi connectivity index (χ2n) is 18.3. The van der Waals surface area contributed by atoms with Crippen LogP contribution in [0.3, 0.4) is 0 Å². The van der Waals surface area contributed by atoms with Gasteiger partial charge in [0.2, 0.25) is 5.91 Å². The van der Waals surface area contributed by atoms with Crippen LogP contribution in [0, 0.1) is 0 Å². The van der Waals surface area contributed by atoms with Gasteiger partial charge < -0.3 is 20.3 Å². The van der Waals surface area contributed by atoms with Crippen molar-refractivity contribution < 1.29 is 24.5 Å². The maximum absolute atomic E-state index is 13.2. The van der Waals surface area contributed by atoms with Crippen molar-refractivity contribution in [1.29, 1.82) is 0 Å². The van der Waals surface area contributed by atoms with E-state index in [1.807, 2.05) is 12.2 Å². The lowest BCUT2D eigenvalue weighted by atomic mass is 10.0. The Labute approximate surface area is 402 Å². The number of allylic oxidation sites excluding steroid dienone is 13. The van der Waals surface area contributed by atoms with Crippen molar-refractivity contribution in [3.8, 4) is 0 Å². The van der Waals surface area contributed by atoms with E-state index in [1.165, 1.54) is 122 Å². The molecule has 0 aliphatic carbocycles. The summed E-state index contributed by atoms with van der Waals surface area (Å²) in [6.07, 6.45) is 68.0. The molecule has 0 aliphatic heterocycles. The third-order valence-corrected chi connectivity index (χ3v) is 11.9. The van der Waals surface area contributed by atoms with Crippen LogP contribution in [-0.4, -0.2) is 46.9 Å². The molecule has 6 nitrogen and oxygen atoms in total. The number of aliphatic hydroxyl groups is 2. The first-order chi connectivity index (χ1) is 32.0. The molecule has 0 aromatic carbocycles.